The van der Waals surface area contributed by atoms with Crippen molar-refractivity contribution in [1.82, 2.24) is 16.0 Å². The molecule has 6 heteroatoms. The van der Waals surface area contributed by atoms with E-state index in [1.54, 1.807) is 0 Å². The molecule has 5 nitrogen and oxygen atoms in total. The number of carbonyl (C=O) groups excluding carboxylic acids is 2. The van der Waals surface area contributed by atoms with Crippen LogP contribution in [-0.2, 0) is 9.59 Å². The second-order valence-electron chi connectivity index (χ2n) is 4.95. The molecule has 0 saturated carbocycles. The van der Waals surface area contributed by atoms with E-state index in [2.05, 4.69) is 16.0 Å². The van der Waals surface area contributed by atoms with Crippen LogP contribution in [0.2, 0.25) is 0 Å². The predicted octanol–water partition coefficient (Wildman–Crippen LogP) is 0.193. The number of piperidine rings is 1. The van der Waals surface area contributed by atoms with Gasteiger partial charge in [0.15, 0.2) is 0 Å². The van der Waals surface area contributed by atoms with E-state index in [0.29, 0.717) is 12.3 Å². The van der Waals surface area contributed by atoms with Gasteiger partial charge in [0.25, 0.3) is 0 Å². The van der Waals surface area contributed by atoms with Crippen LogP contribution < -0.4 is 16.0 Å². The monoisotopic (exact) mass is 275 g/mol. The first kappa shape index (κ1) is 15.2. The molecule has 2 saturated heterocycles. The zero-order valence-electron chi connectivity index (χ0n) is 10.5. The van der Waals surface area contributed by atoms with Crippen LogP contribution in [0.3, 0.4) is 0 Å². The molecule has 2 unspecified atom stereocenters. The highest BCUT2D eigenvalue weighted by atomic mass is 35.5. The molecule has 0 bridgehead atoms. The average Bonchev–Trinajstić information content (AvgIpc) is 2.82. The molecular formula is C12H22ClN3O2. The molecule has 2 atom stereocenters. The predicted molar refractivity (Wildman–Crippen MR) is 71.6 cm³/mol. The molecule has 2 aliphatic rings. The largest absolute Gasteiger partial charge is 0.354 e. The Labute approximate surface area is 114 Å². The average molecular weight is 276 g/mol. The molecule has 2 rings (SSSR count). The van der Waals surface area contributed by atoms with Crippen molar-refractivity contribution in [3.8, 4) is 0 Å². The third-order valence-electron chi connectivity index (χ3n) is 3.56. The van der Waals surface area contributed by atoms with Gasteiger partial charge < -0.3 is 16.0 Å². The van der Waals surface area contributed by atoms with Crippen molar-refractivity contribution in [3.63, 3.8) is 0 Å². The van der Waals surface area contributed by atoms with Gasteiger partial charge in [0, 0.05) is 13.0 Å². The van der Waals surface area contributed by atoms with Crippen LogP contribution in [0, 0.1) is 5.92 Å². The van der Waals surface area contributed by atoms with Gasteiger partial charge in [-0.15, -0.1) is 12.4 Å². The Morgan fingerprint density at radius 2 is 2.17 bits per heavy atom. The summed E-state index contributed by atoms with van der Waals surface area (Å²) < 4.78 is 0. The summed E-state index contributed by atoms with van der Waals surface area (Å²) >= 11 is 0. The molecule has 18 heavy (non-hydrogen) atoms. The van der Waals surface area contributed by atoms with Crippen molar-refractivity contribution in [1.29, 1.82) is 0 Å². The van der Waals surface area contributed by atoms with E-state index in [1.165, 1.54) is 0 Å². The van der Waals surface area contributed by atoms with Crippen LogP contribution in [0.1, 0.15) is 32.1 Å². The third-order valence-corrected chi connectivity index (χ3v) is 3.56. The topological polar surface area (TPSA) is 70.2 Å². The molecule has 0 spiro atoms. The maximum absolute atomic E-state index is 11.7. The minimum atomic E-state index is -0.307. The first-order chi connectivity index (χ1) is 8.25. The fraction of sp³-hybridized carbons (Fsp3) is 0.833. The zero-order valence-corrected chi connectivity index (χ0v) is 11.4. The van der Waals surface area contributed by atoms with E-state index in [9.17, 15) is 9.59 Å². The lowest BCUT2D eigenvalue weighted by molar-refractivity contribution is -0.130. The fourth-order valence-electron chi connectivity index (χ4n) is 2.47. The first-order valence-electron chi connectivity index (χ1n) is 6.53. The van der Waals surface area contributed by atoms with Crippen molar-refractivity contribution in [2.24, 2.45) is 5.92 Å². The second kappa shape index (κ2) is 7.59. The Balaban J connectivity index is 0.00000162. The molecule has 2 heterocycles. The summed E-state index contributed by atoms with van der Waals surface area (Å²) in [6.45, 7) is 2.83. The summed E-state index contributed by atoms with van der Waals surface area (Å²) in [6, 6.07) is -0.307. The van der Waals surface area contributed by atoms with Crippen LogP contribution in [0.5, 0.6) is 0 Å². The van der Waals surface area contributed by atoms with Gasteiger partial charge in [0.1, 0.15) is 6.04 Å². The number of amides is 2. The Bertz CT molecular complexity index is 293. The van der Waals surface area contributed by atoms with Crippen LogP contribution in [0.4, 0.5) is 0 Å². The van der Waals surface area contributed by atoms with E-state index >= 15 is 0 Å². The minimum absolute atomic E-state index is 0. The normalized spacial score (nSPS) is 27.2. The van der Waals surface area contributed by atoms with E-state index in [4.69, 9.17) is 0 Å². The zero-order chi connectivity index (χ0) is 12.1. The van der Waals surface area contributed by atoms with Gasteiger partial charge in [0.2, 0.25) is 11.8 Å². The standard InChI is InChI=1S/C12H21N3O2.ClH/c16-11(4-3-9-5-7-13-8-9)15-10-2-1-6-14-12(10)17;/h9-10,13H,1-8H2,(H,14,17)(H,15,16);1H. The van der Waals surface area contributed by atoms with E-state index < -0.39 is 0 Å². The number of hydrogen-bond acceptors (Lipinski definition) is 3. The van der Waals surface area contributed by atoms with Gasteiger partial charge in [-0.25, -0.2) is 0 Å². The van der Waals surface area contributed by atoms with Gasteiger partial charge in [-0.2, -0.15) is 0 Å². The Morgan fingerprint density at radius 3 is 2.83 bits per heavy atom. The summed E-state index contributed by atoms with van der Waals surface area (Å²) in [5.74, 6) is 0.604. The molecule has 2 aliphatic heterocycles. The van der Waals surface area contributed by atoms with E-state index in [0.717, 1.165) is 45.3 Å². The van der Waals surface area contributed by atoms with Crippen LogP contribution in [0.25, 0.3) is 0 Å². The highest BCUT2D eigenvalue weighted by molar-refractivity contribution is 5.88. The molecule has 0 aromatic rings. The lowest BCUT2D eigenvalue weighted by atomic mass is 10.0. The number of halogens is 1. The van der Waals surface area contributed by atoms with Gasteiger partial charge in [-0.05, 0) is 44.7 Å². The lowest BCUT2D eigenvalue weighted by Crippen LogP contribution is -2.50. The van der Waals surface area contributed by atoms with Crippen molar-refractivity contribution in [2.45, 2.75) is 38.1 Å². The summed E-state index contributed by atoms with van der Waals surface area (Å²) in [5, 5.41) is 8.88. The Kier molecular flexibility index (Phi) is 6.43. The minimum Gasteiger partial charge on any atom is -0.354 e. The Morgan fingerprint density at radius 1 is 1.33 bits per heavy atom. The molecule has 3 N–H and O–H groups in total. The summed E-state index contributed by atoms with van der Waals surface area (Å²) in [5.41, 5.74) is 0. The SMILES string of the molecule is Cl.O=C(CCC1CCNC1)NC1CCCNC1=O. The van der Waals surface area contributed by atoms with E-state index in [-0.39, 0.29) is 30.3 Å². The molecule has 2 amide bonds. The molecule has 0 radical (unpaired) electrons. The van der Waals surface area contributed by atoms with Gasteiger partial charge in [-0.3, -0.25) is 9.59 Å². The smallest absolute Gasteiger partial charge is 0.242 e. The van der Waals surface area contributed by atoms with Crippen LogP contribution >= 0.6 is 12.4 Å². The third kappa shape index (κ3) is 4.46. The molecular weight excluding hydrogens is 254 g/mol. The van der Waals surface area contributed by atoms with Gasteiger partial charge in [-0.1, -0.05) is 0 Å². The quantitative estimate of drug-likeness (QED) is 0.686. The highest BCUT2D eigenvalue weighted by Crippen LogP contribution is 2.14. The van der Waals surface area contributed by atoms with Crippen LogP contribution in [-0.4, -0.2) is 37.5 Å². The van der Waals surface area contributed by atoms with Gasteiger partial charge in [0.05, 0.1) is 0 Å². The fourth-order valence-corrected chi connectivity index (χ4v) is 2.47. The first-order valence-corrected chi connectivity index (χ1v) is 6.53. The van der Waals surface area contributed by atoms with Crippen molar-refractivity contribution in [2.75, 3.05) is 19.6 Å². The Hall–Kier alpha value is -0.810. The van der Waals surface area contributed by atoms with Crippen molar-refractivity contribution < 1.29 is 9.59 Å². The van der Waals surface area contributed by atoms with Crippen molar-refractivity contribution in [3.05, 3.63) is 0 Å². The van der Waals surface area contributed by atoms with Gasteiger partial charge >= 0.3 is 0 Å². The number of carbonyl (C=O) groups is 2. The number of rotatable bonds is 4. The molecule has 0 aromatic heterocycles. The number of nitrogens with one attached hydrogen (secondary N) is 3. The van der Waals surface area contributed by atoms with Crippen LogP contribution in [0.15, 0.2) is 0 Å². The molecule has 0 aromatic carbocycles. The highest BCUT2D eigenvalue weighted by Gasteiger charge is 2.24. The summed E-state index contributed by atoms with van der Waals surface area (Å²) in [7, 11) is 0. The molecule has 2 fully saturated rings. The summed E-state index contributed by atoms with van der Waals surface area (Å²) in [4.78, 5) is 23.2. The van der Waals surface area contributed by atoms with E-state index in [1.807, 2.05) is 0 Å². The maximum Gasteiger partial charge on any atom is 0.242 e. The maximum atomic E-state index is 11.7. The second-order valence-corrected chi connectivity index (χ2v) is 4.95. The molecule has 0 aliphatic carbocycles. The number of hydrogen-bond donors (Lipinski definition) is 3. The lowest BCUT2D eigenvalue weighted by Gasteiger charge is -2.22. The van der Waals surface area contributed by atoms with Crippen molar-refractivity contribution >= 4 is 24.2 Å². The summed E-state index contributed by atoms with van der Waals surface area (Å²) in [6.07, 6.45) is 4.34. The molecule has 104 valence electrons.